The van der Waals surface area contributed by atoms with Crippen LogP contribution in [0.5, 0.6) is 0 Å². The van der Waals surface area contributed by atoms with E-state index in [1.807, 2.05) is 42.6 Å². The van der Waals surface area contributed by atoms with E-state index in [0.29, 0.717) is 18.1 Å². The minimum Gasteiger partial charge on any atom is -0.365 e. The van der Waals surface area contributed by atoms with Gasteiger partial charge in [-0.15, -0.1) is 0 Å². The number of anilines is 2. The van der Waals surface area contributed by atoms with E-state index in [9.17, 15) is 9.18 Å². The van der Waals surface area contributed by atoms with Crippen molar-refractivity contribution in [3.05, 3.63) is 83.6 Å². The molecule has 3 heterocycles. The summed E-state index contributed by atoms with van der Waals surface area (Å²) in [7, 11) is 0. The van der Waals surface area contributed by atoms with E-state index in [0.717, 1.165) is 28.4 Å². The number of carbonyl (C=O) groups is 1. The van der Waals surface area contributed by atoms with Crippen LogP contribution in [-0.2, 0) is 12.0 Å². The molecule has 0 saturated heterocycles. The molecule has 0 spiro atoms. The quantitative estimate of drug-likeness (QED) is 0.414. The van der Waals surface area contributed by atoms with Crippen LogP contribution in [0, 0.1) is 5.82 Å². The molecule has 0 bridgehead atoms. The largest absolute Gasteiger partial charge is 0.365 e. The molecule has 31 heavy (non-hydrogen) atoms. The number of fused-ring (bicyclic) bond motifs is 1. The lowest BCUT2D eigenvalue weighted by atomic mass is 9.87. The predicted molar refractivity (Wildman–Crippen MR) is 121 cm³/mol. The molecule has 0 fully saturated rings. The number of halogens is 1. The van der Waals surface area contributed by atoms with E-state index in [1.165, 1.54) is 6.07 Å². The average Bonchev–Trinajstić information content (AvgIpc) is 3.22. The van der Waals surface area contributed by atoms with Gasteiger partial charge in [-0.3, -0.25) is 4.79 Å². The lowest BCUT2D eigenvalue weighted by molar-refractivity contribution is 0.102. The molecule has 158 valence electrons. The monoisotopic (exact) mass is 417 g/mol. The van der Waals surface area contributed by atoms with Gasteiger partial charge >= 0.3 is 0 Å². The predicted octanol–water partition coefficient (Wildman–Crippen LogP) is 5.26. The number of nitrogens with zero attached hydrogens (tertiary/aromatic N) is 2. The number of pyridine rings is 2. The fraction of sp³-hybridized carbons (Fsp3) is 0.208. The SMILES string of the molecule is CC(C)(C)c1ccc(NC(=O)c2cc(F)cnc2NCc2ccnc3[nH]ccc23)cc1. The first-order valence-corrected chi connectivity index (χ1v) is 10.0. The van der Waals surface area contributed by atoms with Gasteiger partial charge in [-0.25, -0.2) is 14.4 Å². The zero-order chi connectivity index (χ0) is 22.0. The Morgan fingerprint density at radius 3 is 2.61 bits per heavy atom. The van der Waals surface area contributed by atoms with E-state index in [4.69, 9.17) is 0 Å². The molecule has 0 aliphatic carbocycles. The molecular formula is C24H24FN5O. The summed E-state index contributed by atoms with van der Waals surface area (Å²) in [4.78, 5) is 24.3. The molecule has 4 rings (SSSR count). The minimum absolute atomic E-state index is 0.0178. The van der Waals surface area contributed by atoms with Crippen LogP contribution in [0.3, 0.4) is 0 Å². The van der Waals surface area contributed by atoms with Gasteiger partial charge in [-0.05, 0) is 46.9 Å². The lowest BCUT2D eigenvalue weighted by Gasteiger charge is -2.19. The molecule has 0 radical (unpaired) electrons. The van der Waals surface area contributed by atoms with Crippen LogP contribution in [-0.4, -0.2) is 20.9 Å². The Bertz CT molecular complexity index is 1220. The molecule has 1 aromatic carbocycles. The molecule has 0 unspecified atom stereocenters. The molecule has 7 heteroatoms. The van der Waals surface area contributed by atoms with Gasteiger partial charge in [0.15, 0.2) is 0 Å². The highest BCUT2D eigenvalue weighted by atomic mass is 19.1. The number of aromatic amines is 1. The number of hydrogen-bond donors (Lipinski definition) is 3. The Morgan fingerprint density at radius 2 is 1.87 bits per heavy atom. The summed E-state index contributed by atoms with van der Waals surface area (Å²) < 4.78 is 13.9. The van der Waals surface area contributed by atoms with Crippen molar-refractivity contribution in [2.24, 2.45) is 0 Å². The molecule has 4 aromatic rings. The van der Waals surface area contributed by atoms with Crippen LogP contribution in [0.1, 0.15) is 42.3 Å². The number of carbonyl (C=O) groups excluding carboxylic acids is 1. The molecule has 0 aliphatic rings. The van der Waals surface area contributed by atoms with Crippen LogP contribution in [0.4, 0.5) is 15.9 Å². The highest BCUT2D eigenvalue weighted by Gasteiger charge is 2.17. The number of aromatic nitrogens is 3. The fourth-order valence-electron chi connectivity index (χ4n) is 3.36. The number of nitrogens with one attached hydrogen (secondary N) is 3. The number of hydrogen-bond acceptors (Lipinski definition) is 4. The zero-order valence-electron chi connectivity index (χ0n) is 17.7. The summed E-state index contributed by atoms with van der Waals surface area (Å²) in [5, 5.41) is 6.96. The number of H-pyrrole nitrogens is 1. The molecule has 3 N–H and O–H groups in total. The summed E-state index contributed by atoms with van der Waals surface area (Å²) in [6, 6.07) is 12.7. The summed E-state index contributed by atoms with van der Waals surface area (Å²) in [5.74, 6) is -0.694. The van der Waals surface area contributed by atoms with Crippen molar-refractivity contribution in [3.63, 3.8) is 0 Å². The molecule has 3 aromatic heterocycles. The van der Waals surface area contributed by atoms with Gasteiger partial charge in [-0.2, -0.15) is 0 Å². The van der Waals surface area contributed by atoms with E-state index in [-0.39, 0.29) is 11.0 Å². The van der Waals surface area contributed by atoms with Gasteiger partial charge in [0.05, 0.1) is 11.8 Å². The van der Waals surface area contributed by atoms with Crippen molar-refractivity contribution in [1.82, 2.24) is 15.0 Å². The Morgan fingerprint density at radius 1 is 1.10 bits per heavy atom. The Hall–Kier alpha value is -3.74. The van der Waals surface area contributed by atoms with E-state index in [2.05, 4.69) is 46.4 Å². The molecule has 6 nitrogen and oxygen atoms in total. The first kappa shape index (κ1) is 20.5. The highest BCUT2D eigenvalue weighted by Crippen LogP contribution is 2.24. The van der Waals surface area contributed by atoms with Crippen LogP contribution < -0.4 is 10.6 Å². The summed E-state index contributed by atoms with van der Waals surface area (Å²) in [5.41, 5.74) is 3.72. The number of amides is 1. The molecule has 0 aliphatic heterocycles. The molecule has 0 saturated carbocycles. The summed E-state index contributed by atoms with van der Waals surface area (Å²) in [6.45, 7) is 6.79. The minimum atomic E-state index is -0.573. The second-order valence-electron chi connectivity index (χ2n) is 8.39. The third kappa shape index (κ3) is 4.55. The standard InChI is InChI=1S/C24H24FN5O/c1-24(2,3)16-4-6-18(7-5-16)30-23(31)20-12-17(25)14-29-22(20)28-13-15-8-10-26-21-19(15)9-11-27-21/h4-12,14H,13H2,1-3H3,(H,26,27)(H,28,29)(H,30,31). The van der Waals surface area contributed by atoms with Gasteiger partial charge in [0.2, 0.25) is 0 Å². The van der Waals surface area contributed by atoms with Crippen molar-refractivity contribution < 1.29 is 9.18 Å². The fourth-order valence-corrected chi connectivity index (χ4v) is 3.36. The maximum absolute atomic E-state index is 13.9. The zero-order valence-corrected chi connectivity index (χ0v) is 17.7. The third-order valence-electron chi connectivity index (χ3n) is 5.10. The Kier molecular flexibility index (Phi) is 5.42. The van der Waals surface area contributed by atoms with Crippen LogP contribution >= 0.6 is 0 Å². The van der Waals surface area contributed by atoms with Gasteiger partial charge < -0.3 is 15.6 Å². The van der Waals surface area contributed by atoms with E-state index in [1.54, 1.807) is 6.20 Å². The normalized spacial score (nSPS) is 11.5. The Labute approximate surface area is 179 Å². The second-order valence-corrected chi connectivity index (χ2v) is 8.39. The van der Waals surface area contributed by atoms with Gasteiger partial charge in [-0.1, -0.05) is 32.9 Å². The average molecular weight is 417 g/mol. The topological polar surface area (TPSA) is 82.7 Å². The van der Waals surface area contributed by atoms with E-state index < -0.39 is 11.7 Å². The maximum atomic E-state index is 13.9. The maximum Gasteiger partial charge on any atom is 0.259 e. The highest BCUT2D eigenvalue weighted by molar-refractivity contribution is 6.07. The molecule has 0 atom stereocenters. The van der Waals surface area contributed by atoms with Gasteiger partial charge in [0.25, 0.3) is 5.91 Å². The number of benzene rings is 1. The van der Waals surface area contributed by atoms with Crippen LogP contribution in [0.2, 0.25) is 0 Å². The summed E-state index contributed by atoms with van der Waals surface area (Å²) in [6.07, 6.45) is 4.62. The van der Waals surface area contributed by atoms with Crippen LogP contribution in [0.15, 0.2) is 61.1 Å². The lowest BCUT2D eigenvalue weighted by Crippen LogP contribution is -2.17. The molecular weight excluding hydrogens is 393 g/mol. The van der Waals surface area contributed by atoms with Crippen molar-refractivity contribution >= 4 is 28.4 Å². The van der Waals surface area contributed by atoms with Crippen molar-refractivity contribution in [1.29, 1.82) is 0 Å². The van der Waals surface area contributed by atoms with Gasteiger partial charge in [0.1, 0.15) is 17.3 Å². The second kappa shape index (κ2) is 8.18. The Balaban J connectivity index is 1.53. The molecule has 1 amide bonds. The summed E-state index contributed by atoms with van der Waals surface area (Å²) >= 11 is 0. The third-order valence-corrected chi connectivity index (χ3v) is 5.10. The van der Waals surface area contributed by atoms with E-state index >= 15 is 0 Å². The van der Waals surface area contributed by atoms with Crippen molar-refractivity contribution in [2.75, 3.05) is 10.6 Å². The smallest absolute Gasteiger partial charge is 0.259 e. The van der Waals surface area contributed by atoms with Crippen LogP contribution in [0.25, 0.3) is 11.0 Å². The van der Waals surface area contributed by atoms with Crippen molar-refractivity contribution in [3.8, 4) is 0 Å². The van der Waals surface area contributed by atoms with Crippen molar-refractivity contribution in [2.45, 2.75) is 32.7 Å². The van der Waals surface area contributed by atoms with Gasteiger partial charge in [0, 0.05) is 30.0 Å². The number of rotatable bonds is 5. The first-order chi connectivity index (χ1) is 14.8. The first-order valence-electron chi connectivity index (χ1n) is 10.0.